The van der Waals surface area contributed by atoms with Crippen LogP contribution in [0, 0.1) is 0 Å². The van der Waals surface area contributed by atoms with E-state index in [9.17, 15) is 4.79 Å². The summed E-state index contributed by atoms with van der Waals surface area (Å²) in [7, 11) is 3.99. The van der Waals surface area contributed by atoms with Crippen molar-refractivity contribution in [2.45, 2.75) is 18.3 Å². The lowest BCUT2D eigenvalue weighted by Crippen LogP contribution is -2.27. The van der Waals surface area contributed by atoms with Gasteiger partial charge in [0.05, 0.1) is 5.41 Å². The molecule has 0 unspecified atom stereocenters. The van der Waals surface area contributed by atoms with Crippen LogP contribution in [-0.4, -0.2) is 25.0 Å². The molecule has 5 heteroatoms. The fourth-order valence-electron chi connectivity index (χ4n) is 3.33. The number of halogens is 1. The summed E-state index contributed by atoms with van der Waals surface area (Å²) in [6, 6.07) is 13.6. The summed E-state index contributed by atoms with van der Waals surface area (Å²) in [4.78, 5) is 18.3. The van der Waals surface area contributed by atoms with Crippen molar-refractivity contribution in [2.75, 3.05) is 24.3 Å². The number of H-pyrrole nitrogens is 1. The number of fused-ring (bicyclic) bond motifs is 1. The summed E-state index contributed by atoms with van der Waals surface area (Å²) >= 11 is 6.15. The van der Waals surface area contributed by atoms with E-state index < -0.39 is 5.41 Å². The van der Waals surface area contributed by atoms with Crippen LogP contribution in [0.15, 0.2) is 48.7 Å². The van der Waals surface area contributed by atoms with Gasteiger partial charge in [0.15, 0.2) is 0 Å². The van der Waals surface area contributed by atoms with E-state index in [4.69, 9.17) is 11.6 Å². The molecule has 1 aliphatic rings. The van der Waals surface area contributed by atoms with Crippen molar-refractivity contribution in [1.82, 2.24) is 4.98 Å². The molecule has 1 aliphatic carbocycles. The van der Waals surface area contributed by atoms with Crippen molar-refractivity contribution in [3.8, 4) is 0 Å². The van der Waals surface area contributed by atoms with Crippen LogP contribution in [0.25, 0.3) is 10.9 Å². The third-order valence-corrected chi connectivity index (χ3v) is 5.22. The number of aromatic nitrogens is 1. The fourth-order valence-corrected chi connectivity index (χ4v) is 3.50. The van der Waals surface area contributed by atoms with E-state index >= 15 is 0 Å². The molecule has 1 heterocycles. The molecule has 2 N–H and O–H groups in total. The van der Waals surface area contributed by atoms with Crippen LogP contribution in [0.5, 0.6) is 0 Å². The minimum atomic E-state index is -0.455. The second-order valence-electron chi connectivity index (χ2n) is 6.87. The first kappa shape index (κ1) is 16.0. The monoisotopic (exact) mass is 353 g/mol. The van der Waals surface area contributed by atoms with Gasteiger partial charge in [-0.3, -0.25) is 4.79 Å². The quantitative estimate of drug-likeness (QED) is 0.722. The third kappa shape index (κ3) is 2.76. The molecule has 128 valence electrons. The number of carbonyl (C=O) groups excluding carboxylic acids is 1. The van der Waals surface area contributed by atoms with Gasteiger partial charge in [-0.05, 0) is 60.9 Å². The molecule has 4 rings (SSSR count). The second kappa shape index (κ2) is 5.81. The molecule has 0 atom stereocenters. The summed E-state index contributed by atoms with van der Waals surface area (Å²) in [5.41, 5.74) is 3.51. The molecule has 1 amide bonds. The van der Waals surface area contributed by atoms with E-state index in [1.165, 1.54) is 0 Å². The number of amides is 1. The highest BCUT2D eigenvalue weighted by Gasteiger charge is 2.52. The number of hydrogen-bond acceptors (Lipinski definition) is 2. The first-order valence-corrected chi connectivity index (χ1v) is 8.73. The minimum Gasteiger partial charge on any atom is -0.378 e. The maximum atomic E-state index is 13.0. The van der Waals surface area contributed by atoms with E-state index in [0.29, 0.717) is 5.02 Å². The summed E-state index contributed by atoms with van der Waals surface area (Å²) < 4.78 is 0. The Morgan fingerprint density at radius 3 is 2.52 bits per heavy atom. The highest BCUT2D eigenvalue weighted by molar-refractivity contribution is 6.31. The summed E-state index contributed by atoms with van der Waals surface area (Å²) in [5.74, 6) is 0.0472. The Bertz CT molecular complexity index is 939. The Labute approximate surface area is 151 Å². The Morgan fingerprint density at radius 1 is 1.16 bits per heavy atom. The molecule has 0 saturated heterocycles. The zero-order valence-corrected chi connectivity index (χ0v) is 15.0. The van der Waals surface area contributed by atoms with Crippen LogP contribution in [-0.2, 0) is 10.2 Å². The van der Waals surface area contributed by atoms with Crippen molar-refractivity contribution < 1.29 is 4.79 Å². The molecule has 0 spiro atoms. The molecule has 1 aromatic heterocycles. The number of benzene rings is 2. The Balaban J connectivity index is 1.61. The number of hydrogen-bond donors (Lipinski definition) is 2. The van der Waals surface area contributed by atoms with Crippen molar-refractivity contribution >= 4 is 39.8 Å². The van der Waals surface area contributed by atoms with Gasteiger partial charge in [-0.25, -0.2) is 0 Å². The summed E-state index contributed by atoms with van der Waals surface area (Å²) in [6.45, 7) is 0. The molecule has 0 bridgehead atoms. The molecule has 1 saturated carbocycles. The highest BCUT2D eigenvalue weighted by Crippen LogP contribution is 2.51. The highest BCUT2D eigenvalue weighted by atomic mass is 35.5. The number of nitrogens with zero attached hydrogens (tertiary/aromatic N) is 1. The normalized spacial score (nSPS) is 15.2. The van der Waals surface area contributed by atoms with E-state index in [2.05, 4.69) is 10.3 Å². The van der Waals surface area contributed by atoms with Gasteiger partial charge < -0.3 is 15.2 Å². The lowest BCUT2D eigenvalue weighted by atomic mass is 9.94. The van der Waals surface area contributed by atoms with Gasteiger partial charge in [0.2, 0.25) is 5.91 Å². The van der Waals surface area contributed by atoms with E-state index in [1.807, 2.05) is 67.7 Å². The number of rotatable bonds is 4. The Hall–Kier alpha value is -2.46. The van der Waals surface area contributed by atoms with E-state index in [-0.39, 0.29) is 5.91 Å². The molecule has 0 aliphatic heterocycles. The largest absolute Gasteiger partial charge is 0.378 e. The predicted molar refractivity (Wildman–Crippen MR) is 104 cm³/mol. The molecule has 4 nitrogen and oxygen atoms in total. The van der Waals surface area contributed by atoms with Gasteiger partial charge in [-0.1, -0.05) is 11.6 Å². The lowest BCUT2D eigenvalue weighted by Gasteiger charge is -2.16. The smallest absolute Gasteiger partial charge is 0.235 e. The summed E-state index contributed by atoms with van der Waals surface area (Å²) in [5, 5.41) is 4.79. The van der Waals surface area contributed by atoms with Gasteiger partial charge in [-0.15, -0.1) is 0 Å². The van der Waals surface area contributed by atoms with Crippen LogP contribution in [0.4, 0.5) is 11.4 Å². The molecular weight excluding hydrogens is 334 g/mol. The Kier molecular flexibility index (Phi) is 3.73. The molecule has 3 aromatic rings. The maximum Gasteiger partial charge on any atom is 0.235 e. The first-order valence-electron chi connectivity index (χ1n) is 8.35. The zero-order valence-electron chi connectivity index (χ0n) is 14.3. The van der Waals surface area contributed by atoms with Crippen molar-refractivity contribution in [3.63, 3.8) is 0 Å². The standard InChI is InChI=1S/C20H20ClN3O/c1-24(2)15-6-4-14(5-7-15)23-19(25)20(9-10-20)17-12-22-18-8-3-13(21)11-16(17)18/h3-8,11-12,22H,9-10H2,1-2H3,(H,23,25). The second-order valence-corrected chi connectivity index (χ2v) is 7.31. The molecule has 25 heavy (non-hydrogen) atoms. The van der Waals surface area contributed by atoms with Gasteiger partial charge in [0.25, 0.3) is 0 Å². The van der Waals surface area contributed by atoms with Crippen LogP contribution in [0.2, 0.25) is 5.02 Å². The number of aromatic amines is 1. The van der Waals surface area contributed by atoms with Crippen LogP contribution in [0.1, 0.15) is 18.4 Å². The number of carbonyl (C=O) groups is 1. The van der Waals surface area contributed by atoms with E-state index in [1.54, 1.807) is 0 Å². The number of nitrogens with one attached hydrogen (secondary N) is 2. The topological polar surface area (TPSA) is 48.1 Å². The van der Waals surface area contributed by atoms with Gasteiger partial charge >= 0.3 is 0 Å². The van der Waals surface area contributed by atoms with Gasteiger partial charge in [0, 0.05) is 47.6 Å². The maximum absolute atomic E-state index is 13.0. The minimum absolute atomic E-state index is 0.0472. The van der Waals surface area contributed by atoms with Crippen LogP contribution in [0.3, 0.4) is 0 Å². The van der Waals surface area contributed by atoms with Crippen LogP contribution < -0.4 is 10.2 Å². The lowest BCUT2D eigenvalue weighted by molar-refractivity contribution is -0.118. The SMILES string of the molecule is CN(C)c1ccc(NC(=O)C2(c3c[nH]c4ccc(Cl)cc34)CC2)cc1. The zero-order chi connectivity index (χ0) is 17.6. The average molecular weight is 354 g/mol. The van der Waals surface area contributed by atoms with Crippen LogP contribution >= 0.6 is 11.6 Å². The van der Waals surface area contributed by atoms with Gasteiger partial charge in [-0.2, -0.15) is 0 Å². The average Bonchev–Trinajstić information content (AvgIpc) is 3.30. The number of anilines is 2. The third-order valence-electron chi connectivity index (χ3n) is 4.99. The predicted octanol–water partition coefficient (Wildman–Crippen LogP) is 4.56. The Morgan fingerprint density at radius 2 is 1.88 bits per heavy atom. The molecular formula is C20H20ClN3O. The molecule has 1 fully saturated rings. The fraction of sp³-hybridized carbons (Fsp3) is 0.250. The van der Waals surface area contributed by atoms with Crippen molar-refractivity contribution in [3.05, 3.63) is 59.2 Å². The van der Waals surface area contributed by atoms with Crippen molar-refractivity contribution in [1.29, 1.82) is 0 Å². The molecule has 0 radical (unpaired) electrons. The molecule has 2 aromatic carbocycles. The summed E-state index contributed by atoms with van der Waals surface area (Å²) in [6.07, 6.45) is 3.66. The van der Waals surface area contributed by atoms with Gasteiger partial charge in [0.1, 0.15) is 0 Å². The first-order chi connectivity index (χ1) is 12.0. The van der Waals surface area contributed by atoms with E-state index in [0.717, 1.165) is 40.7 Å². The van der Waals surface area contributed by atoms with Crippen molar-refractivity contribution in [2.24, 2.45) is 0 Å².